The van der Waals surface area contributed by atoms with Crippen molar-refractivity contribution in [2.45, 2.75) is 24.7 Å². The number of hydrogen-bond acceptors (Lipinski definition) is 1. The molecule has 0 saturated heterocycles. The number of carbonyl (C=O) groups is 1. The van der Waals surface area contributed by atoms with Crippen molar-refractivity contribution in [2.24, 2.45) is 0 Å². The summed E-state index contributed by atoms with van der Waals surface area (Å²) in [5, 5.41) is 10.5. The van der Waals surface area contributed by atoms with Gasteiger partial charge in [-0.15, -0.1) is 0 Å². The van der Waals surface area contributed by atoms with Gasteiger partial charge in [-0.2, -0.15) is 0 Å². The zero-order chi connectivity index (χ0) is 7.49. The van der Waals surface area contributed by atoms with Crippen LogP contribution in [0, 0.1) is 0 Å². The molecule has 0 radical (unpaired) electrons. The Morgan fingerprint density at radius 3 is 2.44 bits per heavy atom. The van der Waals surface area contributed by atoms with E-state index in [1.165, 1.54) is 0 Å². The molecule has 0 aliphatic rings. The lowest BCUT2D eigenvalue weighted by atomic mass is 10.3. The highest BCUT2D eigenvalue weighted by atomic mass is 79.9. The number of carboxylic acid groups (broad SMARTS) is 1. The van der Waals surface area contributed by atoms with Gasteiger partial charge in [-0.1, -0.05) is 22.9 Å². The number of alkyl halides is 1. The minimum Gasteiger partial charge on any atom is -0.465 e. The standard InChI is InChI=1S/C5H10BrNO2/c1-3-5(2,6)7-4(8)9/h7H,3H2,1-2H3,(H,8,9). The fourth-order valence-electron chi connectivity index (χ4n) is 0.311. The highest BCUT2D eigenvalue weighted by Crippen LogP contribution is 2.16. The van der Waals surface area contributed by atoms with Crippen molar-refractivity contribution in [3.05, 3.63) is 0 Å². The van der Waals surface area contributed by atoms with E-state index in [9.17, 15) is 4.79 Å². The van der Waals surface area contributed by atoms with E-state index in [4.69, 9.17) is 5.11 Å². The van der Waals surface area contributed by atoms with E-state index in [-0.39, 0.29) is 0 Å². The first-order valence-corrected chi connectivity index (χ1v) is 3.47. The molecule has 0 aromatic rings. The van der Waals surface area contributed by atoms with Gasteiger partial charge in [-0.3, -0.25) is 0 Å². The highest BCUT2D eigenvalue weighted by Gasteiger charge is 2.18. The summed E-state index contributed by atoms with van der Waals surface area (Å²) in [6, 6.07) is 0. The monoisotopic (exact) mass is 195 g/mol. The summed E-state index contributed by atoms with van der Waals surface area (Å²) in [7, 11) is 0. The van der Waals surface area contributed by atoms with E-state index >= 15 is 0 Å². The Labute approximate surface area is 62.6 Å². The normalized spacial score (nSPS) is 16.3. The van der Waals surface area contributed by atoms with Gasteiger partial charge in [0.25, 0.3) is 0 Å². The maximum Gasteiger partial charge on any atom is 0.405 e. The quantitative estimate of drug-likeness (QED) is 0.522. The van der Waals surface area contributed by atoms with Crippen LogP contribution in [0.2, 0.25) is 0 Å². The Hall–Kier alpha value is -0.250. The largest absolute Gasteiger partial charge is 0.465 e. The number of hydrogen-bond donors (Lipinski definition) is 2. The molecule has 0 aromatic heterocycles. The van der Waals surface area contributed by atoms with E-state index in [0.29, 0.717) is 0 Å². The summed E-state index contributed by atoms with van der Waals surface area (Å²) in [5.41, 5.74) is 0. The van der Waals surface area contributed by atoms with Crippen molar-refractivity contribution in [1.29, 1.82) is 0 Å². The predicted molar refractivity (Wildman–Crippen MR) is 38.8 cm³/mol. The van der Waals surface area contributed by atoms with Gasteiger partial charge < -0.3 is 10.4 Å². The van der Waals surface area contributed by atoms with E-state index < -0.39 is 10.5 Å². The second-order valence-corrected chi connectivity index (χ2v) is 3.73. The minimum atomic E-state index is -1.00. The van der Waals surface area contributed by atoms with Crippen molar-refractivity contribution >= 4 is 22.0 Å². The molecule has 0 aliphatic carbocycles. The molecule has 0 aliphatic heterocycles. The maximum atomic E-state index is 10.0. The molecule has 1 amide bonds. The van der Waals surface area contributed by atoms with Crippen molar-refractivity contribution in [3.63, 3.8) is 0 Å². The van der Waals surface area contributed by atoms with Gasteiger partial charge in [0, 0.05) is 0 Å². The van der Waals surface area contributed by atoms with Crippen LogP contribution in [0.1, 0.15) is 20.3 Å². The molecule has 1 unspecified atom stereocenters. The lowest BCUT2D eigenvalue weighted by Crippen LogP contribution is -2.39. The molecule has 2 N–H and O–H groups in total. The first-order valence-electron chi connectivity index (χ1n) is 2.68. The molecule has 9 heavy (non-hydrogen) atoms. The van der Waals surface area contributed by atoms with Gasteiger partial charge in [-0.25, -0.2) is 4.79 Å². The third-order valence-corrected chi connectivity index (χ3v) is 1.79. The Morgan fingerprint density at radius 2 is 2.33 bits per heavy atom. The van der Waals surface area contributed by atoms with Crippen LogP contribution in [-0.2, 0) is 0 Å². The Bertz CT molecular complexity index is 114. The molecule has 0 heterocycles. The Morgan fingerprint density at radius 1 is 1.89 bits per heavy atom. The van der Waals surface area contributed by atoms with Crippen molar-refractivity contribution in [1.82, 2.24) is 5.32 Å². The summed E-state index contributed by atoms with van der Waals surface area (Å²) < 4.78 is -0.473. The Balaban J connectivity index is 3.71. The van der Waals surface area contributed by atoms with E-state index in [1.807, 2.05) is 6.92 Å². The van der Waals surface area contributed by atoms with Crippen LogP contribution < -0.4 is 5.32 Å². The van der Waals surface area contributed by atoms with Gasteiger partial charge in [-0.05, 0) is 13.3 Å². The van der Waals surface area contributed by atoms with Gasteiger partial charge >= 0.3 is 6.09 Å². The predicted octanol–water partition coefficient (Wildman–Crippen LogP) is 1.78. The third-order valence-electron chi connectivity index (χ3n) is 1.03. The lowest BCUT2D eigenvalue weighted by molar-refractivity contribution is 0.189. The molecule has 4 heteroatoms. The second kappa shape index (κ2) is 3.06. The molecule has 0 spiro atoms. The summed E-state index contributed by atoms with van der Waals surface area (Å²) in [5.74, 6) is 0. The average Bonchev–Trinajstić information content (AvgIpc) is 1.63. The van der Waals surface area contributed by atoms with Crippen LogP contribution in [0.25, 0.3) is 0 Å². The molecule has 0 bridgehead atoms. The molecule has 0 aromatic carbocycles. The highest BCUT2D eigenvalue weighted by molar-refractivity contribution is 9.10. The number of halogens is 1. The summed E-state index contributed by atoms with van der Waals surface area (Å²) >= 11 is 3.19. The van der Waals surface area contributed by atoms with Crippen LogP contribution >= 0.6 is 15.9 Å². The summed E-state index contributed by atoms with van der Waals surface area (Å²) in [4.78, 5) is 10.0. The molecule has 54 valence electrons. The zero-order valence-electron chi connectivity index (χ0n) is 5.44. The first-order chi connectivity index (χ1) is 3.98. The minimum absolute atomic E-state index is 0.473. The molecule has 0 saturated carbocycles. The fraction of sp³-hybridized carbons (Fsp3) is 0.800. The first kappa shape index (κ1) is 8.75. The van der Waals surface area contributed by atoms with Crippen LogP contribution in [0.4, 0.5) is 4.79 Å². The van der Waals surface area contributed by atoms with Gasteiger partial charge in [0.15, 0.2) is 0 Å². The van der Waals surface area contributed by atoms with E-state index in [0.717, 1.165) is 6.42 Å². The van der Waals surface area contributed by atoms with Crippen LogP contribution in [-0.4, -0.2) is 15.6 Å². The Kier molecular flexibility index (Phi) is 2.97. The summed E-state index contributed by atoms with van der Waals surface area (Å²) in [6.07, 6.45) is -0.282. The second-order valence-electron chi connectivity index (χ2n) is 1.98. The van der Waals surface area contributed by atoms with Gasteiger partial charge in [0.1, 0.15) is 0 Å². The van der Waals surface area contributed by atoms with Crippen LogP contribution in [0.5, 0.6) is 0 Å². The molecule has 3 nitrogen and oxygen atoms in total. The number of rotatable bonds is 2. The third kappa shape index (κ3) is 4.27. The average molecular weight is 196 g/mol. The van der Waals surface area contributed by atoms with Crippen molar-refractivity contribution in [3.8, 4) is 0 Å². The topological polar surface area (TPSA) is 49.3 Å². The molecule has 0 rings (SSSR count). The fourth-order valence-corrected chi connectivity index (χ4v) is 0.481. The van der Waals surface area contributed by atoms with Crippen molar-refractivity contribution in [2.75, 3.05) is 0 Å². The lowest BCUT2D eigenvalue weighted by Gasteiger charge is -2.19. The molecule has 1 atom stereocenters. The van der Waals surface area contributed by atoms with Gasteiger partial charge in [0.2, 0.25) is 0 Å². The smallest absolute Gasteiger partial charge is 0.405 e. The summed E-state index contributed by atoms with van der Waals surface area (Å²) in [6.45, 7) is 3.66. The zero-order valence-corrected chi connectivity index (χ0v) is 7.03. The van der Waals surface area contributed by atoms with Crippen molar-refractivity contribution < 1.29 is 9.90 Å². The van der Waals surface area contributed by atoms with Gasteiger partial charge in [0.05, 0.1) is 4.45 Å². The van der Waals surface area contributed by atoms with Crippen LogP contribution in [0.3, 0.4) is 0 Å². The van der Waals surface area contributed by atoms with E-state index in [1.54, 1.807) is 6.92 Å². The SMILES string of the molecule is CCC(C)(Br)NC(=O)O. The molecular formula is C5H10BrNO2. The number of amides is 1. The maximum absolute atomic E-state index is 10.0. The molecule has 0 fully saturated rings. The molecular weight excluding hydrogens is 186 g/mol. The van der Waals surface area contributed by atoms with Crippen LogP contribution in [0.15, 0.2) is 0 Å². The van der Waals surface area contributed by atoms with E-state index in [2.05, 4.69) is 21.2 Å². The number of nitrogens with one attached hydrogen (secondary N) is 1.